The third kappa shape index (κ3) is 4.26. The van der Waals surface area contributed by atoms with Gasteiger partial charge in [-0.05, 0) is 26.3 Å². The first-order valence-electron chi connectivity index (χ1n) is 8.29. The SMILES string of the molecule is COc1cc2[nH]c(=O)c(C(=O)NCCCOC(C)C)c(O)c2cc1OC. The second-order valence-electron chi connectivity index (χ2n) is 5.96. The van der Waals surface area contributed by atoms with Gasteiger partial charge in [0.1, 0.15) is 11.3 Å². The molecule has 1 aromatic carbocycles. The number of carbonyl (C=O) groups excluding carboxylic acids is 1. The van der Waals surface area contributed by atoms with E-state index in [9.17, 15) is 14.7 Å². The first-order chi connectivity index (χ1) is 12.4. The van der Waals surface area contributed by atoms with Gasteiger partial charge in [-0.2, -0.15) is 0 Å². The Morgan fingerprint density at radius 2 is 1.88 bits per heavy atom. The number of hydrogen-bond acceptors (Lipinski definition) is 6. The van der Waals surface area contributed by atoms with E-state index in [2.05, 4.69) is 10.3 Å². The summed E-state index contributed by atoms with van der Waals surface area (Å²) in [6.07, 6.45) is 0.714. The van der Waals surface area contributed by atoms with Gasteiger partial charge in [0.2, 0.25) is 0 Å². The molecule has 0 fully saturated rings. The van der Waals surface area contributed by atoms with Crippen LogP contribution in [-0.2, 0) is 4.74 Å². The predicted molar refractivity (Wildman–Crippen MR) is 97.4 cm³/mol. The average molecular weight is 364 g/mol. The number of aromatic nitrogens is 1. The van der Waals surface area contributed by atoms with Crippen LogP contribution in [0.5, 0.6) is 17.2 Å². The molecule has 0 aliphatic rings. The fraction of sp³-hybridized carbons (Fsp3) is 0.444. The molecule has 8 nitrogen and oxygen atoms in total. The summed E-state index contributed by atoms with van der Waals surface area (Å²) >= 11 is 0. The van der Waals surface area contributed by atoms with Crippen LogP contribution in [0.4, 0.5) is 0 Å². The Kier molecular flexibility index (Phi) is 6.46. The molecule has 0 spiro atoms. The summed E-state index contributed by atoms with van der Waals surface area (Å²) in [6, 6.07) is 3.03. The van der Waals surface area contributed by atoms with Crippen LogP contribution in [0.25, 0.3) is 10.9 Å². The molecule has 2 aromatic rings. The standard InChI is InChI=1S/C18H24N2O6/c1-10(2)26-7-5-6-19-17(22)15-16(21)11-8-13(24-3)14(25-4)9-12(11)20-18(15)23/h8-10H,5-7H2,1-4H3,(H,19,22)(H2,20,21,23). The minimum atomic E-state index is -0.682. The number of carbonyl (C=O) groups is 1. The lowest BCUT2D eigenvalue weighted by Crippen LogP contribution is -2.31. The van der Waals surface area contributed by atoms with E-state index in [1.807, 2.05) is 13.8 Å². The maximum Gasteiger partial charge on any atom is 0.265 e. The lowest BCUT2D eigenvalue weighted by atomic mass is 10.1. The Hall–Kier alpha value is -2.74. The summed E-state index contributed by atoms with van der Waals surface area (Å²) in [5.74, 6) is -0.275. The number of amides is 1. The van der Waals surface area contributed by atoms with Crippen LogP contribution in [0, 0.1) is 0 Å². The largest absolute Gasteiger partial charge is 0.506 e. The zero-order valence-electron chi connectivity index (χ0n) is 15.3. The number of hydrogen-bond donors (Lipinski definition) is 3. The maximum absolute atomic E-state index is 12.3. The molecule has 8 heteroatoms. The van der Waals surface area contributed by atoms with Crippen molar-refractivity contribution in [3.8, 4) is 17.2 Å². The minimum Gasteiger partial charge on any atom is -0.506 e. The molecule has 1 amide bonds. The Balaban J connectivity index is 2.27. The normalized spacial score (nSPS) is 11.0. The molecule has 1 aromatic heterocycles. The van der Waals surface area contributed by atoms with Crippen LogP contribution < -0.4 is 20.3 Å². The zero-order valence-corrected chi connectivity index (χ0v) is 15.3. The van der Waals surface area contributed by atoms with Crippen LogP contribution in [0.3, 0.4) is 0 Å². The number of H-pyrrole nitrogens is 1. The first kappa shape index (κ1) is 19.6. The average Bonchev–Trinajstić information content (AvgIpc) is 2.60. The van der Waals surface area contributed by atoms with Gasteiger partial charge in [-0.3, -0.25) is 9.59 Å². The van der Waals surface area contributed by atoms with Crippen LogP contribution in [-0.4, -0.2) is 49.5 Å². The predicted octanol–water partition coefficient (Wildman–Crippen LogP) is 1.80. The Bertz CT molecular complexity index is 844. The number of aromatic amines is 1. The second kappa shape index (κ2) is 8.57. The van der Waals surface area contributed by atoms with Crippen LogP contribution in [0.15, 0.2) is 16.9 Å². The number of ether oxygens (including phenoxy) is 3. The number of pyridine rings is 1. The van der Waals surface area contributed by atoms with Gasteiger partial charge in [-0.15, -0.1) is 0 Å². The number of rotatable bonds is 8. The van der Waals surface area contributed by atoms with Crippen LogP contribution in [0.2, 0.25) is 0 Å². The second-order valence-corrected chi connectivity index (χ2v) is 5.96. The molecule has 3 N–H and O–H groups in total. The van der Waals surface area contributed by atoms with Crippen molar-refractivity contribution >= 4 is 16.8 Å². The van der Waals surface area contributed by atoms with E-state index in [0.29, 0.717) is 36.6 Å². The van der Waals surface area contributed by atoms with E-state index in [0.717, 1.165) is 0 Å². The van der Waals surface area contributed by atoms with E-state index in [1.165, 1.54) is 26.4 Å². The van der Waals surface area contributed by atoms with E-state index in [1.54, 1.807) is 0 Å². The van der Waals surface area contributed by atoms with Crippen molar-refractivity contribution in [2.24, 2.45) is 0 Å². The molecule has 0 saturated heterocycles. The summed E-state index contributed by atoms with van der Waals surface area (Å²) in [4.78, 5) is 27.2. The highest BCUT2D eigenvalue weighted by molar-refractivity contribution is 6.02. The molecule has 0 unspecified atom stereocenters. The monoisotopic (exact) mass is 364 g/mol. The lowest BCUT2D eigenvalue weighted by Gasteiger charge is -2.12. The first-order valence-corrected chi connectivity index (χ1v) is 8.29. The van der Waals surface area contributed by atoms with Crippen molar-refractivity contribution < 1.29 is 24.1 Å². The quantitative estimate of drug-likeness (QED) is 0.616. The highest BCUT2D eigenvalue weighted by Crippen LogP contribution is 2.35. The summed E-state index contributed by atoms with van der Waals surface area (Å²) < 4.78 is 15.8. The molecule has 2 rings (SSSR count). The molecule has 0 radical (unpaired) electrons. The highest BCUT2D eigenvalue weighted by atomic mass is 16.5. The van der Waals surface area contributed by atoms with Crippen molar-refractivity contribution in [3.05, 3.63) is 28.0 Å². The number of aromatic hydroxyl groups is 1. The molecule has 0 aliphatic carbocycles. The van der Waals surface area contributed by atoms with E-state index in [-0.39, 0.29) is 17.1 Å². The molecule has 26 heavy (non-hydrogen) atoms. The zero-order chi connectivity index (χ0) is 19.3. The molecule has 142 valence electrons. The smallest absolute Gasteiger partial charge is 0.265 e. The molecule has 0 bridgehead atoms. The minimum absolute atomic E-state index is 0.116. The number of methoxy groups -OCH3 is 2. The van der Waals surface area contributed by atoms with Crippen molar-refractivity contribution in [1.82, 2.24) is 10.3 Å². The third-order valence-corrected chi connectivity index (χ3v) is 3.78. The maximum atomic E-state index is 12.3. The van der Waals surface area contributed by atoms with Gasteiger partial charge in [0.25, 0.3) is 11.5 Å². The van der Waals surface area contributed by atoms with E-state index < -0.39 is 17.2 Å². The van der Waals surface area contributed by atoms with Crippen molar-refractivity contribution in [2.75, 3.05) is 27.4 Å². The Labute approximate surface area is 151 Å². The molecule has 0 aliphatic heterocycles. The van der Waals surface area contributed by atoms with Gasteiger partial charge in [0.15, 0.2) is 11.5 Å². The highest BCUT2D eigenvalue weighted by Gasteiger charge is 2.20. The Morgan fingerprint density at radius 1 is 1.23 bits per heavy atom. The third-order valence-electron chi connectivity index (χ3n) is 3.78. The number of nitrogens with one attached hydrogen (secondary N) is 2. The van der Waals surface area contributed by atoms with Gasteiger partial charge in [-0.25, -0.2) is 0 Å². The fourth-order valence-corrected chi connectivity index (χ4v) is 2.50. The van der Waals surface area contributed by atoms with Crippen LogP contribution >= 0.6 is 0 Å². The fourth-order valence-electron chi connectivity index (χ4n) is 2.50. The van der Waals surface area contributed by atoms with Crippen molar-refractivity contribution in [1.29, 1.82) is 0 Å². The van der Waals surface area contributed by atoms with E-state index >= 15 is 0 Å². The number of fused-ring (bicyclic) bond motifs is 1. The molecular weight excluding hydrogens is 340 g/mol. The van der Waals surface area contributed by atoms with Gasteiger partial charge < -0.3 is 29.6 Å². The summed E-state index contributed by atoms with van der Waals surface area (Å²) in [6.45, 7) is 4.67. The van der Waals surface area contributed by atoms with Gasteiger partial charge in [-0.1, -0.05) is 0 Å². The van der Waals surface area contributed by atoms with Crippen molar-refractivity contribution in [2.45, 2.75) is 26.4 Å². The summed E-state index contributed by atoms with van der Waals surface area (Å²) in [7, 11) is 2.92. The summed E-state index contributed by atoms with van der Waals surface area (Å²) in [5.41, 5.74) is -0.681. The van der Waals surface area contributed by atoms with Gasteiger partial charge in [0.05, 0.1) is 25.8 Å². The van der Waals surface area contributed by atoms with E-state index in [4.69, 9.17) is 14.2 Å². The molecule has 1 heterocycles. The van der Waals surface area contributed by atoms with Crippen molar-refractivity contribution in [3.63, 3.8) is 0 Å². The molecule has 0 atom stereocenters. The summed E-state index contributed by atoms with van der Waals surface area (Å²) in [5, 5.41) is 13.4. The van der Waals surface area contributed by atoms with Gasteiger partial charge >= 0.3 is 0 Å². The topological polar surface area (TPSA) is 110 Å². The molecular formula is C18H24N2O6. The molecule has 0 saturated carbocycles. The Morgan fingerprint density at radius 3 is 2.50 bits per heavy atom. The lowest BCUT2D eigenvalue weighted by molar-refractivity contribution is 0.0756. The van der Waals surface area contributed by atoms with Gasteiger partial charge in [0, 0.05) is 24.6 Å². The van der Waals surface area contributed by atoms with Crippen LogP contribution in [0.1, 0.15) is 30.6 Å². The number of benzene rings is 1.